The zero-order chi connectivity index (χ0) is 45.3. The minimum atomic E-state index is -1.11. The molecule has 0 unspecified atom stereocenters. The van der Waals surface area contributed by atoms with Gasteiger partial charge in [-0.3, -0.25) is 33.8 Å². The van der Waals surface area contributed by atoms with Crippen molar-refractivity contribution < 1.29 is 18.8 Å². The molecule has 4 aromatic heterocycles. The SMILES string of the molecule is Cn1c(=O)n(-c2c(Cl)cccc2Cl)c(=O)c2cnc3[nH]c(-c4cnn([C@H]5CCN(CC6CCC7(CC6)CCN(C(=O)c6ccc(Cl)c(N8CCC(=O)NC8=O)c6)CC7)C[C@@H]5F)c4)cc3c21. The summed E-state index contributed by atoms with van der Waals surface area (Å²) in [6.45, 7) is 3.47. The van der Waals surface area contributed by atoms with Crippen LogP contribution in [-0.4, -0.2) is 102 Å². The van der Waals surface area contributed by atoms with E-state index in [-0.39, 0.29) is 51.3 Å². The number of halogens is 4. The van der Waals surface area contributed by atoms with Crippen molar-refractivity contribution in [3.8, 4) is 16.9 Å². The van der Waals surface area contributed by atoms with Crippen molar-refractivity contribution in [2.24, 2.45) is 18.4 Å². The van der Waals surface area contributed by atoms with Crippen LogP contribution in [0.1, 0.15) is 67.8 Å². The van der Waals surface area contributed by atoms with Crippen molar-refractivity contribution in [1.29, 1.82) is 0 Å². The number of pyridine rings is 1. The minimum Gasteiger partial charge on any atom is -0.339 e. The first-order chi connectivity index (χ1) is 31.3. The Kier molecular flexibility index (Phi) is 11.4. The normalized spacial score (nSPS) is 20.9. The number of aryl methyl sites for hydroxylation is 1. The van der Waals surface area contributed by atoms with Gasteiger partial charge in [0.05, 0.1) is 55.3 Å². The second-order valence-corrected chi connectivity index (χ2v) is 19.2. The van der Waals surface area contributed by atoms with Crippen LogP contribution in [0.2, 0.25) is 15.1 Å². The van der Waals surface area contributed by atoms with Crippen LogP contribution in [0.5, 0.6) is 0 Å². The topological polar surface area (TPSA) is 163 Å². The number of rotatable bonds is 7. The molecule has 4 amide bonds. The molecular formula is C46H46Cl3FN10O5. The molecule has 1 spiro atoms. The Morgan fingerprint density at radius 3 is 2.37 bits per heavy atom. The Bertz CT molecular complexity index is 3000. The fourth-order valence-electron chi connectivity index (χ4n) is 10.5. The third kappa shape index (κ3) is 7.91. The molecule has 19 heteroatoms. The number of H-pyrrole nitrogens is 1. The van der Waals surface area contributed by atoms with Crippen molar-refractivity contribution in [3.63, 3.8) is 0 Å². The summed E-state index contributed by atoms with van der Waals surface area (Å²) in [5.74, 6) is 0.0544. The highest BCUT2D eigenvalue weighted by molar-refractivity contribution is 6.37. The number of anilines is 1. The van der Waals surface area contributed by atoms with E-state index in [9.17, 15) is 24.0 Å². The molecule has 4 aliphatic rings. The van der Waals surface area contributed by atoms with E-state index >= 15 is 4.39 Å². The summed E-state index contributed by atoms with van der Waals surface area (Å²) in [6.07, 6.45) is 10.8. The number of alkyl halides is 1. The lowest BCUT2D eigenvalue weighted by Gasteiger charge is -2.47. The number of benzene rings is 2. The monoisotopic (exact) mass is 942 g/mol. The van der Waals surface area contributed by atoms with Crippen LogP contribution in [0.4, 0.5) is 14.9 Å². The van der Waals surface area contributed by atoms with E-state index in [4.69, 9.17) is 34.8 Å². The summed E-state index contributed by atoms with van der Waals surface area (Å²) in [6, 6.07) is 10.6. The Morgan fingerprint density at radius 1 is 0.892 bits per heavy atom. The number of aromatic nitrogens is 6. The Labute approximate surface area is 387 Å². The molecule has 1 saturated carbocycles. The molecule has 3 saturated heterocycles. The molecule has 1 aliphatic carbocycles. The lowest BCUT2D eigenvalue weighted by atomic mass is 9.65. The fraction of sp³-hybridized carbons (Fsp3) is 0.413. The number of nitrogens with zero attached hydrogens (tertiary/aromatic N) is 8. The summed E-state index contributed by atoms with van der Waals surface area (Å²) < 4.78 is 20.1. The van der Waals surface area contributed by atoms with Crippen molar-refractivity contribution in [2.75, 3.05) is 44.2 Å². The van der Waals surface area contributed by atoms with Gasteiger partial charge in [-0.1, -0.05) is 40.9 Å². The highest BCUT2D eigenvalue weighted by Crippen LogP contribution is 2.47. The molecule has 2 atom stereocenters. The van der Waals surface area contributed by atoms with Gasteiger partial charge in [-0.2, -0.15) is 5.10 Å². The van der Waals surface area contributed by atoms with Crippen molar-refractivity contribution in [3.05, 3.63) is 103 Å². The maximum atomic E-state index is 16.0. The predicted octanol–water partition coefficient (Wildman–Crippen LogP) is 7.53. The van der Waals surface area contributed by atoms with Gasteiger partial charge >= 0.3 is 11.7 Å². The first-order valence-corrected chi connectivity index (χ1v) is 23.1. The maximum Gasteiger partial charge on any atom is 0.335 e. The highest BCUT2D eigenvalue weighted by atomic mass is 35.5. The van der Waals surface area contributed by atoms with E-state index in [2.05, 4.69) is 25.3 Å². The summed E-state index contributed by atoms with van der Waals surface area (Å²) in [4.78, 5) is 78.6. The molecule has 3 aliphatic heterocycles. The van der Waals surface area contributed by atoms with E-state index in [1.807, 2.05) is 17.2 Å². The van der Waals surface area contributed by atoms with Crippen LogP contribution < -0.4 is 21.5 Å². The molecule has 10 rings (SSSR count). The summed E-state index contributed by atoms with van der Waals surface area (Å²) in [5, 5.41) is 8.35. The average Bonchev–Trinajstić information content (AvgIpc) is 3.96. The predicted molar refractivity (Wildman–Crippen MR) is 247 cm³/mol. The molecule has 0 bridgehead atoms. The first-order valence-electron chi connectivity index (χ1n) is 22.0. The molecule has 338 valence electrons. The highest BCUT2D eigenvalue weighted by Gasteiger charge is 2.41. The standard InChI is InChI=1S/C46H46Cl3FN10O5/c1-55-39-29-20-35(53-41(29)51-22-30(39)43(63)60(45(55)65)40-32(48)3-2-4-33(40)49)28-21-52-59(24-28)36-9-15-56(25-34(36)50)23-26-7-11-46(12-8-26)13-17-57(18-14-46)42(62)27-5-6-31(47)37(19-27)58-16-10-38(61)54-44(58)64/h2-6,19-22,24,26,34,36H,7-18,23,25H2,1H3,(H,51,53)(H,54,61,64)/t34-,36-/m0/s1. The molecule has 7 heterocycles. The largest absolute Gasteiger partial charge is 0.339 e. The van der Waals surface area contributed by atoms with E-state index in [0.717, 1.165) is 61.7 Å². The van der Waals surface area contributed by atoms with Crippen LogP contribution in [0.3, 0.4) is 0 Å². The van der Waals surface area contributed by atoms with Crippen molar-refractivity contribution in [1.82, 2.24) is 44.0 Å². The number of aromatic amines is 1. The Balaban J connectivity index is 0.743. The van der Waals surface area contributed by atoms with Gasteiger partial charge in [0, 0.05) is 81.6 Å². The molecule has 2 aromatic carbocycles. The summed E-state index contributed by atoms with van der Waals surface area (Å²) >= 11 is 19.2. The van der Waals surface area contributed by atoms with Gasteiger partial charge in [0.25, 0.3) is 11.5 Å². The summed E-state index contributed by atoms with van der Waals surface area (Å²) in [5.41, 5.74) is 2.24. The van der Waals surface area contributed by atoms with E-state index < -0.39 is 29.5 Å². The number of urea groups is 1. The smallest absolute Gasteiger partial charge is 0.335 e. The Hall–Kier alpha value is -5.55. The number of imide groups is 1. The van der Waals surface area contributed by atoms with Gasteiger partial charge in [-0.15, -0.1) is 0 Å². The van der Waals surface area contributed by atoms with Gasteiger partial charge in [-0.05, 0) is 92.7 Å². The third-order valence-electron chi connectivity index (χ3n) is 14.2. The second kappa shape index (κ2) is 17.0. The zero-order valence-corrected chi connectivity index (χ0v) is 37.8. The number of piperidine rings is 2. The fourth-order valence-corrected chi connectivity index (χ4v) is 11.3. The number of carbonyl (C=O) groups is 3. The maximum absolute atomic E-state index is 16.0. The van der Waals surface area contributed by atoms with Gasteiger partial charge in [0.1, 0.15) is 11.8 Å². The number of para-hydroxylation sites is 1. The molecule has 15 nitrogen and oxygen atoms in total. The molecule has 0 radical (unpaired) electrons. The van der Waals surface area contributed by atoms with Crippen LogP contribution in [0.25, 0.3) is 38.9 Å². The number of amides is 4. The van der Waals surface area contributed by atoms with Crippen LogP contribution >= 0.6 is 34.8 Å². The van der Waals surface area contributed by atoms with Gasteiger partial charge in [0.15, 0.2) is 0 Å². The number of fused-ring (bicyclic) bond motifs is 3. The van der Waals surface area contributed by atoms with Crippen LogP contribution in [0.15, 0.2) is 70.6 Å². The minimum absolute atomic E-state index is 0.0936. The number of carbonyl (C=O) groups excluding carboxylic acids is 3. The average molecular weight is 944 g/mol. The lowest BCUT2D eigenvalue weighted by molar-refractivity contribution is -0.120. The number of hydrogen-bond acceptors (Lipinski definition) is 8. The Morgan fingerprint density at radius 2 is 1.65 bits per heavy atom. The molecule has 65 heavy (non-hydrogen) atoms. The van der Waals surface area contributed by atoms with E-state index in [1.54, 1.807) is 54.3 Å². The molecule has 4 fully saturated rings. The van der Waals surface area contributed by atoms with Crippen molar-refractivity contribution >= 4 is 80.3 Å². The second-order valence-electron chi connectivity index (χ2n) is 18.0. The van der Waals surface area contributed by atoms with Crippen LogP contribution in [-0.2, 0) is 11.8 Å². The van der Waals surface area contributed by atoms with Gasteiger partial charge in [0.2, 0.25) is 5.91 Å². The molecular weight excluding hydrogens is 898 g/mol. The van der Waals surface area contributed by atoms with E-state index in [0.29, 0.717) is 70.5 Å². The summed E-state index contributed by atoms with van der Waals surface area (Å²) in [7, 11) is 1.58. The molecule has 2 N–H and O–H groups in total. The number of likely N-dealkylation sites (tertiary alicyclic amines) is 2. The van der Waals surface area contributed by atoms with Gasteiger partial charge in [-0.25, -0.2) is 23.5 Å². The van der Waals surface area contributed by atoms with Crippen LogP contribution in [0, 0.1) is 11.3 Å². The van der Waals surface area contributed by atoms with Crippen molar-refractivity contribution in [2.45, 2.75) is 63.6 Å². The molecule has 6 aromatic rings. The lowest BCUT2D eigenvalue weighted by Crippen LogP contribution is -2.49. The zero-order valence-electron chi connectivity index (χ0n) is 35.5. The first kappa shape index (κ1) is 43.3. The number of nitrogens with one attached hydrogen (secondary N) is 2. The number of hydrogen-bond donors (Lipinski definition) is 2. The van der Waals surface area contributed by atoms with Gasteiger partial charge < -0.3 is 14.8 Å². The van der Waals surface area contributed by atoms with E-state index in [1.165, 1.54) is 15.7 Å². The quantitative estimate of drug-likeness (QED) is 0.166. The third-order valence-corrected chi connectivity index (χ3v) is 15.1.